The normalized spacial score (nSPS) is 14.1. The first-order valence-electron chi connectivity index (χ1n) is 8.80. The van der Waals surface area contributed by atoms with Gasteiger partial charge in [0.1, 0.15) is 12.9 Å². The summed E-state index contributed by atoms with van der Waals surface area (Å²) in [5.74, 6) is -0.00225. The fraction of sp³-hybridized carbons (Fsp3) is 0.400. The number of halogens is 2. The molecule has 7 nitrogen and oxygen atoms in total. The van der Waals surface area contributed by atoms with Gasteiger partial charge in [0.2, 0.25) is 6.41 Å². The first-order valence-corrected chi connectivity index (χ1v) is 9.56. The van der Waals surface area contributed by atoms with Crippen molar-refractivity contribution in [1.29, 1.82) is 0 Å². The van der Waals surface area contributed by atoms with Crippen LogP contribution in [0.5, 0.6) is 0 Å². The van der Waals surface area contributed by atoms with E-state index in [1.54, 1.807) is 38.3 Å². The number of oxime groups is 1. The first kappa shape index (κ1) is 24.7. The third-order valence-electron chi connectivity index (χ3n) is 4.10. The highest BCUT2D eigenvalue weighted by Crippen LogP contribution is 2.23. The van der Waals surface area contributed by atoms with Crippen molar-refractivity contribution in [3.8, 4) is 0 Å². The van der Waals surface area contributed by atoms with Crippen LogP contribution in [0.1, 0.15) is 32.3 Å². The molecular weight excluding hydrogens is 417 g/mol. The van der Waals surface area contributed by atoms with Gasteiger partial charge in [-0.25, -0.2) is 4.79 Å². The molecule has 1 rings (SSSR count). The quantitative estimate of drug-likeness (QED) is 0.136. The van der Waals surface area contributed by atoms with Crippen molar-refractivity contribution < 1.29 is 19.2 Å². The van der Waals surface area contributed by atoms with Crippen LogP contribution in [0.15, 0.2) is 40.5 Å². The summed E-state index contributed by atoms with van der Waals surface area (Å²) in [6.45, 7) is 3.70. The molecule has 0 bridgehead atoms. The molecular formula is C20H25Cl2N3O4. The molecule has 0 aliphatic heterocycles. The number of aliphatic imine (C=N–C) groups is 1. The lowest BCUT2D eigenvalue weighted by Gasteiger charge is -2.21. The lowest BCUT2D eigenvalue weighted by molar-refractivity contribution is -0.146. The number of carbonyl (C=O) groups excluding carboxylic acids is 2. The van der Waals surface area contributed by atoms with Crippen molar-refractivity contribution in [2.75, 3.05) is 20.8 Å². The van der Waals surface area contributed by atoms with E-state index in [1.807, 2.05) is 12.2 Å². The van der Waals surface area contributed by atoms with Gasteiger partial charge >= 0.3 is 5.97 Å². The van der Waals surface area contributed by atoms with Gasteiger partial charge in [0.25, 0.3) is 0 Å². The fourth-order valence-corrected chi connectivity index (χ4v) is 2.66. The second-order valence-electron chi connectivity index (χ2n) is 6.29. The molecule has 1 atom stereocenters. The Hall–Kier alpha value is -2.38. The summed E-state index contributed by atoms with van der Waals surface area (Å²) in [6.07, 6.45) is 6.89. The zero-order valence-corrected chi connectivity index (χ0v) is 18.4. The topological polar surface area (TPSA) is 80.6 Å². The van der Waals surface area contributed by atoms with Gasteiger partial charge in [-0.2, -0.15) is 0 Å². The molecule has 0 spiro atoms. The Labute approximate surface area is 181 Å². The van der Waals surface area contributed by atoms with Crippen molar-refractivity contribution in [3.05, 3.63) is 46.0 Å². The first-order chi connectivity index (χ1) is 13.8. The number of carbonyl (C=O) groups is 2. The van der Waals surface area contributed by atoms with Crippen molar-refractivity contribution >= 4 is 47.6 Å². The van der Waals surface area contributed by atoms with Crippen molar-refractivity contribution in [3.63, 3.8) is 0 Å². The number of benzene rings is 1. The maximum absolute atomic E-state index is 12.3. The van der Waals surface area contributed by atoms with E-state index in [2.05, 4.69) is 15.0 Å². The van der Waals surface area contributed by atoms with E-state index in [1.165, 1.54) is 19.1 Å². The number of amides is 1. The molecule has 1 aromatic carbocycles. The standard InChI is InChI=1S/C20H25Cl2N3O4/c1-15(24-29-4)25(14-26)11-7-5-6-10-20(2,19(27)28-3)23-13-16-8-9-17(21)18(22)12-16/h5,7-9,12-14H,6,10-11H2,1-4H3/b7-5+,23-13?,24-15-. The number of amidine groups is 1. The van der Waals surface area contributed by atoms with Crippen LogP contribution in [-0.4, -0.2) is 55.6 Å². The second kappa shape index (κ2) is 12.2. The number of esters is 1. The van der Waals surface area contributed by atoms with E-state index in [0.717, 1.165) is 5.56 Å². The smallest absolute Gasteiger partial charge is 0.333 e. The zero-order valence-electron chi connectivity index (χ0n) is 16.9. The lowest BCUT2D eigenvalue weighted by atomic mass is 9.96. The number of nitrogens with zero attached hydrogens (tertiary/aromatic N) is 3. The van der Waals surface area contributed by atoms with Crippen LogP contribution in [0.25, 0.3) is 0 Å². The average molecular weight is 442 g/mol. The lowest BCUT2D eigenvalue weighted by Crippen LogP contribution is -2.34. The van der Waals surface area contributed by atoms with Crippen LogP contribution in [0, 0.1) is 0 Å². The van der Waals surface area contributed by atoms with Gasteiger partial charge < -0.3 is 9.57 Å². The Kier molecular flexibility index (Phi) is 10.4. The van der Waals surface area contributed by atoms with Crippen LogP contribution >= 0.6 is 23.2 Å². The summed E-state index contributed by atoms with van der Waals surface area (Å²) in [7, 11) is 2.74. The Morgan fingerprint density at radius 2 is 1.97 bits per heavy atom. The zero-order chi connectivity index (χ0) is 21.9. The van der Waals surface area contributed by atoms with E-state index >= 15 is 0 Å². The Morgan fingerprint density at radius 1 is 1.24 bits per heavy atom. The predicted octanol–water partition coefficient (Wildman–Crippen LogP) is 4.12. The molecule has 0 saturated heterocycles. The molecule has 0 aliphatic carbocycles. The molecule has 29 heavy (non-hydrogen) atoms. The molecule has 9 heteroatoms. The Bertz CT molecular complexity index is 796. The minimum Gasteiger partial charge on any atom is -0.467 e. The molecule has 0 fully saturated rings. The van der Waals surface area contributed by atoms with E-state index < -0.39 is 11.5 Å². The van der Waals surface area contributed by atoms with Crippen LogP contribution in [0.3, 0.4) is 0 Å². The second-order valence-corrected chi connectivity index (χ2v) is 7.10. The minimum atomic E-state index is -1.07. The average Bonchev–Trinajstić information content (AvgIpc) is 2.71. The van der Waals surface area contributed by atoms with E-state index in [9.17, 15) is 9.59 Å². The molecule has 0 saturated carbocycles. The highest BCUT2D eigenvalue weighted by molar-refractivity contribution is 6.42. The van der Waals surface area contributed by atoms with Crippen molar-refractivity contribution in [1.82, 2.24) is 4.90 Å². The van der Waals surface area contributed by atoms with Crippen LogP contribution in [0.4, 0.5) is 0 Å². The van der Waals surface area contributed by atoms with Crippen molar-refractivity contribution in [2.45, 2.75) is 32.2 Å². The number of rotatable bonds is 10. The van der Waals surface area contributed by atoms with Crippen LogP contribution in [-0.2, 0) is 19.2 Å². The maximum Gasteiger partial charge on any atom is 0.333 e. The summed E-state index contributed by atoms with van der Waals surface area (Å²) in [6, 6.07) is 5.09. The highest BCUT2D eigenvalue weighted by atomic mass is 35.5. The number of allylic oxidation sites excluding steroid dienone is 1. The summed E-state index contributed by atoms with van der Waals surface area (Å²) >= 11 is 11.9. The number of hydrogen-bond donors (Lipinski definition) is 0. The molecule has 0 aromatic heterocycles. The van der Waals surface area contributed by atoms with Crippen LogP contribution < -0.4 is 0 Å². The minimum absolute atomic E-state index is 0.337. The number of ether oxygens (including phenoxy) is 1. The van der Waals surface area contributed by atoms with E-state index in [0.29, 0.717) is 41.7 Å². The Morgan fingerprint density at radius 3 is 2.55 bits per heavy atom. The summed E-state index contributed by atoms with van der Waals surface area (Å²) in [5, 5.41) is 4.56. The third-order valence-corrected chi connectivity index (χ3v) is 4.84. The van der Waals surface area contributed by atoms with Gasteiger partial charge in [-0.1, -0.05) is 46.6 Å². The molecule has 0 aliphatic rings. The summed E-state index contributed by atoms with van der Waals surface area (Å²) in [5.41, 5.74) is -0.345. The predicted molar refractivity (Wildman–Crippen MR) is 116 cm³/mol. The van der Waals surface area contributed by atoms with Gasteiger partial charge in [0.05, 0.1) is 17.2 Å². The molecule has 1 amide bonds. The van der Waals surface area contributed by atoms with E-state index in [4.69, 9.17) is 27.9 Å². The van der Waals surface area contributed by atoms with Gasteiger partial charge in [0, 0.05) is 12.8 Å². The monoisotopic (exact) mass is 441 g/mol. The molecule has 0 radical (unpaired) electrons. The van der Waals surface area contributed by atoms with Gasteiger partial charge in [0.15, 0.2) is 5.54 Å². The highest BCUT2D eigenvalue weighted by Gasteiger charge is 2.32. The van der Waals surface area contributed by atoms with Gasteiger partial charge in [-0.15, -0.1) is 0 Å². The molecule has 1 aromatic rings. The molecule has 158 valence electrons. The SMILES string of the molecule is CO/N=C(/C)N(C=O)C/C=C/CCC(C)(N=Cc1ccc(Cl)c(Cl)c1)C(=O)OC. The van der Waals surface area contributed by atoms with Crippen LogP contribution in [0.2, 0.25) is 10.0 Å². The largest absolute Gasteiger partial charge is 0.467 e. The van der Waals surface area contributed by atoms with Gasteiger partial charge in [-0.05, 0) is 44.4 Å². The number of methoxy groups -OCH3 is 1. The Balaban J connectivity index is 2.79. The summed E-state index contributed by atoms with van der Waals surface area (Å²) < 4.78 is 4.91. The van der Waals surface area contributed by atoms with E-state index in [-0.39, 0.29) is 0 Å². The maximum atomic E-state index is 12.3. The molecule has 1 unspecified atom stereocenters. The van der Waals surface area contributed by atoms with Crippen molar-refractivity contribution in [2.24, 2.45) is 10.1 Å². The number of hydrogen-bond acceptors (Lipinski definition) is 6. The van der Waals surface area contributed by atoms with Gasteiger partial charge in [-0.3, -0.25) is 14.7 Å². The molecule has 0 heterocycles. The molecule has 0 N–H and O–H groups in total. The summed E-state index contributed by atoms with van der Waals surface area (Å²) in [4.78, 5) is 33.8. The fourth-order valence-electron chi connectivity index (χ4n) is 2.36. The third kappa shape index (κ3) is 7.87.